The molecule has 2 rings (SSSR count). The van der Waals surface area contributed by atoms with Crippen molar-refractivity contribution in [3.05, 3.63) is 48.0 Å². The fourth-order valence-electron chi connectivity index (χ4n) is 1.97. The molecule has 0 amide bonds. The number of hydrogen-bond acceptors (Lipinski definition) is 3. The highest BCUT2D eigenvalue weighted by molar-refractivity contribution is 5.83. The van der Waals surface area contributed by atoms with Crippen molar-refractivity contribution in [2.24, 2.45) is 0 Å². The Morgan fingerprint density at radius 2 is 1.95 bits per heavy atom. The predicted molar refractivity (Wildman–Crippen MR) is 76.9 cm³/mol. The minimum Gasteiger partial charge on any atom is -0.465 e. The Labute approximate surface area is 113 Å². The molecule has 0 aromatic heterocycles. The number of nitrogens with one attached hydrogen (secondary N) is 1. The summed E-state index contributed by atoms with van der Waals surface area (Å²) in [6, 6.07) is 14.3. The standard InChI is InChI=1S/C16H19NO2/c1-3-19-16(18)12(2)17-11-13-8-9-14-6-4-5-7-15(14)10-13/h4-10,12,17H,3,11H2,1-2H3. The number of rotatable bonds is 5. The monoisotopic (exact) mass is 257 g/mol. The lowest BCUT2D eigenvalue weighted by Crippen LogP contribution is -2.34. The van der Waals surface area contributed by atoms with E-state index in [1.54, 1.807) is 0 Å². The number of fused-ring (bicyclic) bond motifs is 1. The van der Waals surface area contributed by atoms with Crippen LogP contribution in [0.5, 0.6) is 0 Å². The Morgan fingerprint density at radius 1 is 1.21 bits per heavy atom. The van der Waals surface area contributed by atoms with E-state index in [4.69, 9.17) is 4.74 Å². The first-order valence-corrected chi connectivity index (χ1v) is 6.58. The van der Waals surface area contributed by atoms with Crippen molar-refractivity contribution in [1.29, 1.82) is 0 Å². The molecular formula is C16H19NO2. The van der Waals surface area contributed by atoms with E-state index >= 15 is 0 Å². The second-order valence-electron chi connectivity index (χ2n) is 4.54. The molecule has 1 unspecified atom stereocenters. The van der Waals surface area contributed by atoms with Gasteiger partial charge < -0.3 is 10.1 Å². The SMILES string of the molecule is CCOC(=O)C(C)NCc1ccc2ccccc2c1. The van der Waals surface area contributed by atoms with Crippen molar-refractivity contribution in [3.63, 3.8) is 0 Å². The van der Waals surface area contributed by atoms with Gasteiger partial charge in [-0.1, -0.05) is 36.4 Å². The Kier molecular flexibility index (Phi) is 4.53. The van der Waals surface area contributed by atoms with Crippen molar-refractivity contribution in [3.8, 4) is 0 Å². The molecule has 1 N–H and O–H groups in total. The van der Waals surface area contributed by atoms with Crippen LogP contribution in [0.1, 0.15) is 19.4 Å². The topological polar surface area (TPSA) is 38.3 Å². The molecule has 0 aliphatic carbocycles. The van der Waals surface area contributed by atoms with Gasteiger partial charge in [-0.2, -0.15) is 0 Å². The molecule has 3 heteroatoms. The van der Waals surface area contributed by atoms with Crippen molar-refractivity contribution >= 4 is 16.7 Å². The fraction of sp³-hybridized carbons (Fsp3) is 0.312. The van der Waals surface area contributed by atoms with Gasteiger partial charge >= 0.3 is 5.97 Å². The van der Waals surface area contributed by atoms with Crippen LogP contribution in [0.3, 0.4) is 0 Å². The minimum atomic E-state index is -0.286. The van der Waals surface area contributed by atoms with Crippen LogP contribution in [0, 0.1) is 0 Å². The van der Waals surface area contributed by atoms with Crippen LogP contribution in [0.2, 0.25) is 0 Å². The van der Waals surface area contributed by atoms with E-state index < -0.39 is 0 Å². The molecule has 0 heterocycles. The molecular weight excluding hydrogens is 238 g/mol. The smallest absolute Gasteiger partial charge is 0.322 e. The van der Waals surface area contributed by atoms with E-state index in [-0.39, 0.29) is 12.0 Å². The third-order valence-corrected chi connectivity index (χ3v) is 3.07. The van der Waals surface area contributed by atoms with E-state index in [1.807, 2.05) is 26.0 Å². The van der Waals surface area contributed by atoms with Crippen molar-refractivity contribution in [1.82, 2.24) is 5.32 Å². The first-order valence-electron chi connectivity index (χ1n) is 6.58. The number of hydrogen-bond donors (Lipinski definition) is 1. The zero-order valence-electron chi connectivity index (χ0n) is 11.3. The van der Waals surface area contributed by atoms with Crippen molar-refractivity contribution in [2.75, 3.05) is 6.61 Å². The maximum absolute atomic E-state index is 11.5. The highest BCUT2D eigenvalue weighted by Crippen LogP contribution is 2.15. The number of benzene rings is 2. The number of esters is 1. The van der Waals surface area contributed by atoms with Crippen LogP contribution >= 0.6 is 0 Å². The van der Waals surface area contributed by atoms with Crippen LogP contribution in [-0.4, -0.2) is 18.6 Å². The van der Waals surface area contributed by atoms with Gasteiger partial charge in [0.2, 0.25) is 0 Å². The van der Waals surface area contributed by atoms with Gasteiger partial charge in [-0.25, -0.2) is 0 Å². The number of carbonyl (C=O) groups excluding carboxylic acids is 1. The number of carbonyl (C=O) groups is 1. The van der Waals surface area contributed by atoms with Crippen molar-refractivity contribution < 1.29 is 9.53 Å². The summed E-state index contributed by atoms with van der Waals surface area (Å²) in [5.41, 5.74) is 1.16. The highest BCUT2D eigenvalue weighted by Gasteiger charge is 2.12. The van der Waals surface area contributed by atoms with Crippen LogP contribution in [0.25, 0.3) is 10.8 Å². The largest absolute Gasteiger partial charge is 0.465 e. The zero-order chi connectivity index (χ0) is 13.7. The first kappa shape index (κ1) is 13.6. The summed E-state index contributed by atoms with van der Waals surface area (Å²) in [7, 11) is 0. The van der Waals surface area contributed by atoms with Crippen LogP contribution in [0.4, 0.5) is 0 Å². The normalized spacial score (nSPS) is 12.3. The molecule has 0 saturated heterocycles. The Hall–Kier alpha value is -1.87. The molecule has 0 bridgehead atoms. The van der Waals surface area contributed by atoms with Crippen LogP contribution in [0.15, 0.2) is 42.5 Å². The number of ether oxygens (including phenoxy) is 1. The summed E-state index contributed by atoms with van der Waals surface area (Å²) in [6.07, 6.45) is 0. The van der Waals surface area contributed by atoms with Gasteiger partial charge in [-0.15, -0.1) is 0 Å². The van der Waals surface area contributed by atoms with Gasteiger partial charge in [0, 0.05) is 6.54 Å². The maximum atomic E-state index is 11.5. The van der Waals surface area contributed by atoms with E-state index in [2.05, 4.69) is 35.6 Å². The third-order valence-electron chi connectivity index (χ3n) is 3.07. The zero-order valence-corrected chi connectivity index (χ0v) is 11.3. The molecule has 0 saturated carbocycles. The first-order chi connectivity index (χ1) is 9.20. The molecule has 2 aromatic carbocycles. The maximum Gasteiger partial charge on any atom is 0.322 e. The molecule has 19 heavy (non-hydrogen) atoms. The molecule has 100 valence electrons. The van der Waals surface area contributed by atoms with E-state index in [0.717, 1.165) is 5.56 Å². The Bertz CT molecular complexity index is 565. The Balaban J connectivity index is 1.99. The third kappa shape index (κ3) is 3.55. The van der Waals surface area contributed by atoms with Gasteiger partial charge in [0.25, 0.3) is 0 Å². The fourth-order valence-corrected chi connectivity index (χ4v) is 1.97. The molecule has 0 spiro atoms. The Morgan fingerprint density at radius 3 is 2.68 bits per heavy atom. The molecule has 1 atom stereocenters. The predicted octanol–water partition coefficient (Wildman–Crippen LogP) is 2.88. The van der Waals surface area contributed by atoms with Gasteiger partial charge in [-0.3, -0.25) is 4.79 Å². The molecule has 2 aromatic rings. The molecule has 0 aliphatic rings. The van der Waals surface area contributed by atoms with Crippen LogP contribution in [-0.2, 0) is 16.1 Å². The van der Waals surface area contributed by atoms with Crippen LogP contribution < -0.4 is 5.32 Å². The average molecular weight is 257 g/mol. The summed E-state index contributed by atoms with van der Waals surface area (Å²) >= 11 is 0. The van der Waals surface area contributed by atoms with E-state index in [1.165, 1.54) is 10.8 Å². The molecule has 0 aliphatic heterocycles. The van der Waals surface area contributed by atoms with E-state index in [0.29, 0.717) is 13.2 Å². The van der Waals surface area contributed by atoms with Gasteiger partial charge in [0.1, 0.15) is 6.04 Å². The summed E-state index contributed by atoms with van der Waals surface area (Å²) < 4.78 is 4.96. The lowest BCUT2D eigenvalue weighted by atomic mass is 10.1. The van der Waals surface area contributed by atoms with Gasteiger partial charge in [0.05, 0.1) is 6.61 Å². The average Bonchev–Trinajstić information content (AvgIpc) is 2.44. The second-order valence-corrected chi connectivity index (χ2v) is 4.54. The molecule has 3 nitrogen and oxygen atoms in total. The quantitative estimate of drug-likeness (QED) is 0.837. The summed E-state index contributed by atoms with van der Waals surface area (Å²) in [5, 5.41) is 5.61. The van der Waals surface area contributed by atoms with E-state index in [9.17, 15) is 4.79 Å². The lowest BCUT2D eigenvalue weighted by molar-refractivity contribution is -0.145. The summed E-state index contributed by atoms with van der Waals surface area (Å²) in [6.45, 7) is 4.71. The van der Waals surface area contributed by atoms with Gasteiger partial charge in [0.15, 0.2) is 0 Å². The minimum absolute atomic E-state index is 0.205. The lowest BCUT2D eigenvalue weighted by Gasteiger charge is -2.12. The highest BCUT2D eigenvalue weighted by atomic mass is 16.5. The van der Waals surface area contributed by atoms with Crippen molar-refractivity contribution in [2.45, 2.75) is 26.4 Å². The summed E-state index contributed by atoms with van der Waals surface area (Å²) in [5.74, 6) is -0.205. The summed E-state index contributed by atoms with van der Waals surface area (Å²) in [4.78, 5) is 11.5. The van der Waals surface area contributed by atoms with Gasteiger partial charge in [-0.05, 0) is 36.2 Å². The molecule has 0 radical (unpaired) electrons. The second kappa shape index (κ2) is 6.34. The molecule has 0 fully saturated rings.